The number of nitrogens with zero attached hydrogens (tertiary/aromatic N) is 2. The zero-order chi connectivity index (χ0) is 12.5. The van der Waals surface area contributed by atoms with Gasteiger partial charge in [0.25, 0.3) is 0 Å². The van der Waals surface area contributed by atoms with E-state index in [1.54, 1.807) is 0 Å². The maximum atomic E-state index is 5.46. The molecule has 18 heavy (non-hydrogen) atoms. The summed E-state index contributed by atoms with van der Waals surface area (Å²) in [5, 5.41) is 0. The van der Waals surface area contributed by atoms with E-state index in [9.17, 15) is 0 Å². The first-order valence-corrected chi connectivity index (χ1v) is 6.68. The molecule has 0 spiro atoms. The normalized spacial score (nSPS) is 10.7. The quantitative estimate of drug-likeness (QED) is 0.679. The van der Waals surface area contributed by atoms with Crippen LogP contribution < -0.4 is 3.53 Å². The van der Waals surface area contributed by atoms with Crippen molar-refractivity contribution in [3.8, 4) is 17.1 Å². The molecular formula is C14H11GaN2O. The Kier molecular flexibility index (Phi) is 2.89. The molecule has 0 aliphatic heterocycles. The monoisotopic (exact) mass is 292 g/mol. The molecule has 0 fully saturated rings. The first-order chi connectivity index (χ1) is 8.81. The van der Waals surface area contributed by atoms with Gasteiger partial charge < -0.3 is 0 Å². The summed E-state index contributed by atoms with van der Waals surface area (Å²) in [5.41, 5.74) is 3.16. The minimum atomic E-state index is 0.871. The predicted molar refractivity (Wildman–Crippen MR) is 72.5 cm³/mol. The van der Waals surface area contributed by atoms with E-state index in [-0.39, 0.29) is 0 Å². The molecule has 1 aromatic heterocycles. The zero-order valence-electron chi connectivity index (χ0n) is 10.00. The molecule has 1 heterocycles. The second-order valence-corrected chi connectivity index (χ2v) is 4.59. The van der Waals surface area contributed by atoms with Crippen molar-refractivity contribution in [1.29, 1.82) is 0 Å². The Balaban J connectivity index is 2.28. The van der Waals surface area contributed by atoms with E-state index in [1.807, 2.05) is 49.5 Å². The van der Waals surface area contributed by atoms with Crippen molar-refractivity contribution >= 4 is 30.0 Å². The van der Waals surface area contributed by atoms with Gasteiger partial charge in [0.15, 0.2) is 0 Å². The number of para-hydroxylation sites is 3. The van der Waals surface area contributed by atoms with Gasteiger partial charge in [-0.15, -0.1) is 0 Å². The van der Waals surface area contributed by atoms with Gasteiger partial charge in [-0.05, 0) is 0 Å². The van der Waals surface area contributed by atoms with E-state index in [0.29, 0.717) is 0 Å². The molecule has 3 nitrogen and oxygen atoms in total. The van der Waals surface area contributed by atoms with E-state index in [1.165, 1.54) is 19.0 Å². The van der Waals surface area contributed by atoms with Crippen LogP contribution in [0.25, 0.3) is 22.4 Å². The molecule has 0 saturated carbocycles. The molecule has 4 heteroatoms. The molecule has 0 bridgehead atoms. The SMILES string of the molecule is Cn1c(-c2ccccc2[O][Ga])nc2ccccc21. The van der Waals surface area contributed by atoms with E-state index >= 15 is 0 Å². The minimum absolute atomic E-state index is 0.871. The van der Waals surface area contributed by atoms with Crippen LogP contribution in [-0.2, 0) is 7.05 Å². The number of hydrogen-bond acceptors (Lipinski definition) is 2. The Morgan fingerprint density at radius 1 is 1.06 bits per heavy atom. The molecule has 0 aliphatic rings. The van der Waals surface area contributed by atoms with Crippen LogP contribution in [0.4, 0.5) is 0 Å². The Morgan fingerprint density at radius 2 is 1.78 bits per heavy atom. The Labute approximate surface area is 116 Å². The van der Waals surface area contributed by atoms with Gasteiger partial charge in [0.1, 0.15) is 0 Å². The van der Waals surface area contributed by atoms with Crippen LogP contribution in [0.5, 0.6) is 5.75 Å². The average Bonchev–Trinajstić information content (AvgIpc) is 2.76. The van der Waals surface area contributed by atoms with Gasteiger partial charge in [-0.2, -0.15) is 0 Å². The summed E-state index contributed by atoms with van der Waals surface area (Å²) in [4.78, 5) is 4.68. The molecule has 2 aromatic carbocycles. The third kappa shape index (κ3) is 1.74. The first kappa shape index (κ1) is 11.4. The number of benzene rings is 2. The molecule has 86 valence electrons. The van der Waals surface area contributed by atoms with Crippen LogP contribution in [0.15, 0.2) is 48.5 Å². The van der Waals surface area contributed by atoms with Gasteiger partial charge in [0.2, 0.25) is 0 Å². The number of aromatic nitrogens is 2. The number of rotatable bonds is 2. The van der Waals surface area contributed by atoms with Gasteiger partial charge in [-0.1, -0.05) is 0 Å². The fourth-order valence-corrected chi connectivity index (χ4v) is 2.57. The van der Waals surface area contributed by atoms with Crippen molar-refractivity contribution in [3.05, 3.63) is 48.5 Å². The number of imidazole rings is 1. The van der Waals surface area contributed by atoms with Crippen molar-refractivity contribution < 1.29 is 3.53 Å². The van der Waals surface area contributed by atoms with Crippen LogP contribution in [0.1, 0.15) is 0 Å². The van der Waals surface area contributed by atoms with Crippen LogP contribution >= 0.6 is 0 Å². The van der Waals surface area contributed by atoms with Crippen LogP contribution in [0.3, 0.4) is 0 Å². The summed E-state index contributed by atoms with van der Waals surface area (Å²) >= 11 is 1.23. The second kappa shape index (κ2) is 4.55. The molecule has 0 atom stereocenters. The molecule has 0 aliphatic carbocycles. The van der Waals surface area contributed by atoms with Crippen molar-refractivity contribution in [2.45, 2.75) is 0 Å². The Bertz CT molecular complexity index is 706. The van der Waals surface area contributed by atoms with Crippen LogP contribution in [0.2, 0.25) is 0 Å². The fourth-order valence-electron chi connectivity index (χ4n) is 2.14. The number of fused-ring (bicyclic) bond motifs is 1. The van der Waals surface area contributed by atoms with Crippen molar-refractivity contribution in [3.63, 3.8) is 0 Å². The summed E-state index contributed by atoms with van der Waals surface area (Å²) in [6.45, 7) is 0. The van der Waals surface area contributed by atoms with E-state index < -0.39 is 0 Å². The second-order valence-electron chi connectivity index (χ2n) is 4.10. The summed E-state index contributed by atoms with van der Waals surface area (Å²) in [5.74, 6) is 1.81. The Hall–Kier alpha value is -1.65. The van der Waals surface area contributed by atoms with E-state index in [4.69, 9.17) is 3.53 Å². The average molecular weight is 293 g/mol. The molecule has 0 saturated heterocycles. The van der Waals surface area contributed by atoms with Gasteiger partial charge >= 0.3 is 116 Å². The Morgan fingerprint density at radius 3 is 2.56 bits per heavy atom. The van der Waals surface area contributed by atoms with Crippen LogP contribution in [0, 0.1) is 0 Å². The predicted octanol–water partition coefficient (Wildman–Crippen LogP) is 2.70. The molecule has 0 unspecified atom stereocenters. The standard InChI is InChI=1S/C14H12N2O.Ga/c1-16-12-8-4-3-7-11(12)15-14(16)10-6-2-5-9-13(10)17;/h2-9,17H,1H3;/q;+1/p-1. The van der Waals surface area contributed by atoms with E-state index in [0.717, 1.165) is 28.2 Å². The van der Waals surface area contributed by atoms with Crippen LogP contribution in [-0.4, -0.2) is 28.5 Å². The molecule has 0 N–H and O–H groups in total. The topological polar surface area (TPSA) is 27.1 Å². The van der Waals surface area contributed by atoms with Crippen molar-refractivity contribution in [2.24, 2.45) is 7.05 Å². The summed E-state index contributed by atoms with van der Waals surface area (Å²) in [6.07, 6.45) is 0. The zero-order valence-corrected chi connectivity index (χ0v) is 12.4. The fraction of sp³-hybridized carbons (Fsp3) is 0.0714. The molecule has 2 radical (unpaired) electrons. The molecule has 3 aromatic rings. The van der Waals surface area contributed by atoms with Gasteiger partial charge in [-0.25, -0.2) is 0 Å². The molecular weight excluding hydrogens is 282 g/mol. The number of aryl methyl sites for hydroxylation is 1. The third-order valence-electron chi connectivity index (χ3n) is 3.04. The van der Waals surface area contributed by atoms with Gasteiger partial charge in [0.05, 0.1) is 0 Å². The molecule has 3 rings (SSSR count). The van der Waals surface area contributed by atoms with E-state index in [2.05, 4.69) is 15.6 Å². The van der Waals surface area contributed by atoms with Gasteiger partial charge in [-0.3, -0.25) is 0 Å². The van der Waals surface area contributed by atoms with Crippen molar-refractivity contribution in [1.82, 2.24) is 9.55 Å². The van der Waals surface area contributed by atoms with Crippen molar-refractivity contribution in [2.75, 3.05) is 0 Å². The third-order valence-corrected chi connectivity index (χ3v) is 3.57. The molecule has 0 amide bonds. The summed E-state index contributed by atoms with van der Waals surface area (Å²) in [7, 11) is 2.03. The summed E-state index contributed by atoms with van der Waals surface area (Å²) < 4.78 is 7.56. The van der Waals surface area contributed by atoms with Gasteiger partial charge in [0, 0.05) is 0 Å². The maximum absolute atomic E-state index is 5.46. The number of hydrogen-bond donors (Lipinski definition) is 0. The first-order valence-electron chi connectivity index (χ1n) is 5.69. The summed E-state index contributed by atoms with van der Waals surface area (Å²) in [6, 6.07) is 16.1.